The number of hydrogen-bond acceptors (Lipinski definition) is 5. The van der Waals surface area contributed by atoms with Gasteiger partial charge in [-0.1, -0.05) is 36.8 Å². The summed E-state index contributed by atoms with van der Waals surface area (Å²) >= 11 is 1.47. The van der Waals surface area contributed by atoms with Crippen LogP contribution in [-0.4, -0.2) is 21.1 Å². The molecule has 3 heterocycles. The Morgan fingerprint density at radius 3 is 2.63 bits per heavy atom. The van der Waals surface area contributed by atoms with E-state index in [-0.39, 0.29) is 23.3 Å². The van der Waals surface area contributed by atoms with Crippen LogP contribution in [0.15, 0.2) is 51.5 Å². The summed E-state index contributed by atoms with van der Waals surface area (Å²) in [6, 6.07) is 9.59. The Morgan fingerprint density at radius 1 is 1.17 bits per heavy atom. The number of aryl methyl sites for hydroxylation is 2. The summed E-state index contributed by atoms with van der Waals surface area (Å²) in [6.07, 6.45) is 2.38. The Labute approximate surface area is 177 Å². The highest BCUT2D eigenvalue weighted by Crippen LogP contribution is 2.31. The van der Waals surface area contributed by atoms with Crippen molar-refractivity contribution in [1.29, 1.82) is 0 Å². The van der Waals surface area contributed by atoms with Crippen molar-refractivity contribution in [2.45, 2.75) is 33.7 Å². The van der Waals surface area contributed by atoms with Crippen LogP contribution in [0.2, 0.25) is 0 Å². The molecule has 0 unspecified atom stereocenters. The maximum Gasteiger partial charge on any atom is 0.263 e. The van der Waals surface area contributed by atoms with Gasteiger partial charge in [0.25, 0.3) is 5.56 Å². The Hall–Kier alpha value is -3.19. The molecule has 0 bridgehead atoms. The summed E-state index contributed by atoms with van der Waals surface area (Å²) in [7, 11) is 0. The molecule has 0 amide bonds. The van der Waals surface area contributed by atoms with E-state index in [9.17, 15) is 9.59 Å². The first-order chi connectivity index (χ1) is 14.5. The molecule has 4 aromatic rings. The zero-order chi connectivity index (χ0) is 21.3. The summed E-state index contributed by atoms with van der Waals surface area (Å²) in [5, 5.41) is 2.59. The quantitative estimate of drug-likeness (QED) is 0.504. The number of pyridine rings is 1. The third kappa shape index (κ3) is 3.80. The molecular formula is C23H23N3O3S. The van der Waals surface area contributed by atoms with Gasteiger partial charge in [-0.3, -0.25) is 14.2 Å². The van der Waals surface area contributed by atoms with Gasteiger partial charge >= 0.3 is 0 Å². The van der Waals surface area contributed by atoms with Crippen LogP contribution in [0.3, 0.4) is 0 Å². The molecule has 0 aliphatic carbocycles. The standard InChI is InChI=1S/C23H23N3O3S/c1-4-9-29-20-11-24-17(10-19(20)27)12-26-15(3)25-22-21(23(26)28)18(13-30-22)16-7-5-14(2)6-8-16/h5-8,10-11,13H,4,9,12H2,1-3H3,(H,24,27). The summed E-state index contributed by atoms with van der Waals surface area (Å²) in [5.74, 6) is 0.898. The zero-order valence-corrected chi connectivity index (χ0v) is 18.0. The number of aromatic nitrogens is 3. The molecule has 0 radical (unpaired) electrons. The first-order valence-corrected chi connectivity index (χ1v) is 10.8. The lowest BCUT2D eigenvalue weighted by Gasteiger charge is -2.11. The number of rotatable bonds is 6. The average molecular weight is 422 g/mol. The Kier molecular flexibility index (Phi) is 5.55. The maximum absolute atomic E-state index is 13.4. The van der Waals surface area contributed by atoms with Gasteiger partial charge < -0.3 is 9.72 Å². The molecule has 1 aromatic carbocycles. The molecule has 0 atom stereocenters. The minimum Gasteiger partial charge on any atom is -0.488 e. The van der Waals surface area contributed by atoms with Crippen molar-refractivity contribution in [2.75, 3.05) is 6.61 Å². The van der Waals surface area contributed by atoms with Gasteiger partial charge in [0.1, 0.15) is 10.7 Å². The van der Waals surface area contributed by atoms with Crippen LogP contribution in [0.25, 0.3) is 21.3 Å². The van der Waals surface area contributed by atoms with Crippen LogP contribution in [0.4, 0.5) is 0 Å². The van der Waals surface area contributed by atoms with Crippen molar-refractivity contribution < 1.29 is 4.74 Å². The molecule has 0 fully saturated rings. The second-order valence-electron chi connectivity index (χ2n) is 7.28. The Balaban J connectivity index is 1.75. The molecule has 0 saturated heterocycles. The molecular weight excluding hydrogens is 398 g/mol. The molecule has 0 saturated carbocycles. The molecule has 6 nitrogen and oxygen atoms in total. The summed E-state index contributed by atoms with van der Waals surface area (Å²) in [4.78, 5) is 34.1. The largest absolute Gasteiger partial charge is 0.488 e. The lowest BCUT2D eigenvalue weighted by atomic mass is 10.0. The molecule has 30 heavy (non-hydrogen) atoms. The molecule has 1 N–H and O–H groups in total. The smallest absolute Gasteiger partial charge is 0.263 e. The summed E-state index contributed by atoms with van der Waals surface area (Å²) in [5.41, 5.74) is 3.36. The Morgan fingerprint density at radius 2 is 1.93 bits per heavy atom. The number of ether oxygens (including phenoxy) is 1. The van der Waals surface area contributed by atoms with Crippen LogP contribution >= 0.6 is 11.3 Å². The fraction of sp³-hybridized carbons (Fsp3) is 0.261. The minimum absolute atomic E-state index is 0.110. The predicted octanol–water partition coefficient (Wildman–Crippen LogP) is 4.27. The first kappa shape index (κ1) is 20.1. The van der Waals surface area contributed by atoms with Crippen molar-refractivity contribution in [3.63, 3.8) is 0 Å². The Bertz CT molecular complexity index is 1320. The lowest BCUT2D eigenvalue weighted by Crippen LogP contribution is -2.25. The van der Waals surface area contributed by atoms with Crippen LogP contribution in [0, 0.1) is 13.8 Å². The van der Waals surface area contributed by atoms with E-state index in [0.717, 1.165) is 22.4 Å². The van der Waals surface area contributed by atoms with E-state index < -0.39 is 0 Å². The van der Waals surface area contributed by atoms with Crippen molar-refractivity contribution in [1.82, 2.24) is 14.5 Å². The molecule has 0 aliphatic heterocycles. The molecule has 0 aliphatic rings. The van der Waals surface area contributed by atoms with Crippen molar-refractivity contribution >= 4 is 21.6 Å². The van der Waals surface area contributed by atoms with Gasteiger partial charge in [-0.15, -0.1) is 11.3 Å². The van der Waals surface area contributed by atoms with Gasteiger partial charge in [0, 0.05) is 28.9 Å². The predicted molar refractivity (Wildman–Crippen MR) is 121 cm³/mol. The molecule has 4 rings (SSSR count). The van der Waals surface area contributed by atoms with Crippen LogP contribution in [-0.2, 0) is 6.54 Å². The lowest BCUT2D eigenvalue weighted by molar-refractivity contribution is 0.313. The third-order valence-electron chi connectivity index (χ3n) is 4.97. The fourth-order valence-electron chi connectivity index (χ4n) is 3.34. The number of aromatic amines is 1. The van der Waals surface area contributed by atoms with Gasteiger partial charge in [0.2, 0.25) is 5.43 Å². The van der Waals surface area contributed by atoms with Crippen LogP contribution < -0.4 is 15.7 Å². The second kappa shape index (κ2) is 8.28. The van der Waals surface area contributed by atoms with E-state index in [0.29, 0.717) is 23.5 Å². The number of thiophene rings is 1. The van der Waals surface area contributed by atoms with E-state index in [1.165, 1.54) is 23.0 Å². The number of fused-ring (bicyclic) bond motifs is 1. The van der Waals surface area contributed by atoms with Gasteiger partial charge in [-0.2, -0.15) is 0 Å². The van der Waals surface area contributed by atoms with E-state index in [4.69, 9.17) is 4.74 Å². The average Bonchev–Trinajstić information content (AvgIpc) is 3.15. The highest BCUT2D eigenvalue weighted by molar-refractivity contribution is 7.17. The molecule has 7 heteroatoms. The monoisotopic (exact) mass is 421 g/mol. The van der Waals surface area contributed by atoms with Gasteiger partial charge in [0.15, 0.2) is 5.75 Å². The number of nitrogens with zero attached hydrogens (tertiary/aromatic N) is 2. The van der Waals surface area contributed by atoms with Gasteiger partial charge in [0.05, 0.1) is 18.5 Å². The van der Waals surface area contributed by atoms with Crippen molar-refractivity contribution in [3.8, 4) is 16.9 Å². The first-order valence-electron chi connectivity index (χ1n) is 9.88. The highest BCUT2D eigenvalue weighted by Gasteiger charge is 2.16. The normalized spacial score (nSPS) is 11.2. The van der Waals surface area contributed by atoms with E-state index in [1.807, 2.05) is 50.4 Å². The second-order valence-corrected chi connectivity index (χ2v) is 8.14. The number of hydrogen-bond donors (Lipinski definition) is 1. The fourth-order valence-corrected chi connectivity index (χ4v) is 4.33. The minimum atomic E-state index is -0.201. The van der Waals surface area contributed by atoms with E-state index in [1.54, 1.807) is 10.8 Å². The highest BCUT2D eigenvalue weighted by atomic mass is 32.1. The molecule has 3 aromatic heterocycles. The number of nitrogens with one attached hydrogen (secondary N) is 1. The van der Waals surface area contributed by atoms with E-state index >= 15 is 0 Å². The topological polar surface area (TPSA) is 77.0 Å². The van der Waals surface area contributed by atoms with Gasteiger partial charge in [-0.05, 0) is 25.8 Å². The van der Waals surface area contributed by atoms with Crippen molar-refractivity contribution in [2.24, 2.45) is 0 Å². The van der Waals surface area contributed by atoms with E-state index in [2.05, 4.69) is 9.97 Å². The maximum atomic E-state index is 13.4. The zero-order valence-electron chi connectivity index (χ0n) is 17.2. The van der Waals surface area contributed by atoms with Crippen LogP contribution in [0.5, 0.6) is 5.75 Å². The summed E-state index contributed by atoms with van der Waals surface area (Å²) in [6.45, 7) is 6.55. The van der Waals surface area contributed by atoms with Gasteiger partial charge in [-0.25, -0.2) is 4.98 Å². The summed E-state index contributed by atoms with van der Waals surface area (Å²) < 4.78 is 7.04. The van der Waals surface area contributed by atoms with Crippen molar-refractivity contribution in [3.05, 3.63) is 79.6 Å². The van der Waals surface area contributed by atoms with Crippen LogP contribution in [0.1, 0.15) is 30.4 Å². The SMILES string of the molecule is CCCOc1c[nH]c(Cn2c(C)nc3scc(-c4ccc(C)cc4)c3c2=O)cc1=O. The number of H-pyrrole nitrogens is 1. The molecule has 0 spiro atoms. The third-order valence-corrected chi connectivity index (χ3v) is 5.85. The molecule has 154 valence electrons. The number of benzene rings is 1.